The zero-order valence-electron chi connectivity index (χ0n) is 14.3. The summed E-state index contributed by atoms with van der Waals surface area (Å²) < 4.78 is 46.3. The highest BCUT2D eigenvalue weighted by Crippen LogP contribution is 2.32. The van der Waals surface area contributed by atoms with Gasteiger partial charge in [0, 0.05) is 18.3 Å². The van der Waals surface area contributed by atoms with Crippen molar-refractivity contribution in [2.45, 2.75) is 26.7 Å². The molecule has 0 aromatic heterocycles. The second-order valence-corrected chi connectivity index (χ2v) is 5.23. The van der Waals surface area contributed by atoms with Crippen LogP contribution in [-0.4, -0.2) is 30.3 Å². The Balaban J connectivity index is 3.57. The number of ketones is 1. The molecule has 26 heavy (non-hydrogen) atoms. The molecule has 1 N–H and O–H groups in total. The van der Waals surface area contributed by atoms with Gasteiger partial charge in [-0.1, -0.05) is 13.3 Å². The van der Waals surface area contributed by atoms with Gasteiger partial charge < -0.3 is 10.1 Å². The van der Waals surface area contributed by atoms with Gasteiger partial charge in [0.25, 0.3) is 0 Å². The van der Waals surface area contributed by atoms with Crippen molar-refractivity contribution in [3.63, 3.8) is 0 Å². The van der Waals surface area contributed by atoms with Crippen LogP contribution >= 0.6 is 0 Å². The normalized spacial score (nSPS) is 11.2. The van der Waals surface area contributed by atoms with Gasteiger partial charge in [-0.3, -0.25) is 14.9 Å². The number of nitro groups is 1. The molecule has 7 nitrogen and oxygen atoms in total. The highest BCUT2D eigenvalue weighted by molar-refractivity contribution is 6.25. The van der Waals surface area contributed by atoms with Crippen molar-refractivity contribution < 1.29 is 32.4 Å². The van der Waals surface area contributed by atoms with Crippen LogP contribution < -0.4 is 5.32 Å². The van der Waals surface area contributed by atoms with Gasteiger partial charge >= 0.3 is 11.7 Å². The number of methoxy groups -OCH3 is 1. The Morgan fingerprint density at radius 1 is 1.23 bits per heavy atom. The maximum absolute atomic E-state index is 14.4. The van der Waals surface area contributed by atoms with E-state index in [1.165, 1.54) is 0 Å². The maximum Gasteiger partial charge on any atom is 0.343 e. The fourth-order valence-electron chi connectivity index (χ4n) is 2.06. The minimum atomic E-state index is -1.99. The molecule has 0 aliphatic carbocycles. The fraction of sp³-hybridized carbons (Fsp3) is 0.375. The lowest BCUT2D eigenvalue weighted by atomic mass is 9.98. The molecule has 0 atom stereocenters. The van der Waals surface area contributed by atoms with Crippen LogP contribution in [0.4, 0.5) is 18.9 Å². The molecule has 0 aliphatic rings. The van der Waals surface area contributed by atoms with Crippen LogP contribution in [0.2, 0.25) is 0 Å². The number of halogens is 3. The van der Waals surface area contributed by atoms with E-state index in [4.69, 9.17) is 0 Å². The van der Waals surface area contributed by atoms with Crippen molar-refractivity contribution in [2.75, 3.05) is 13.7 Å². The topological polar surface area (TPSA) is 98.5 Å². The zero-order valence-corrected chi connectivity index (χ0v) is 14.3. The second kappa shape index (κ2) is 8.97. The number of nitrogens with zero attached hydrogens (tertiary/aromatic N) is 1. The summed E-state index contributed by atoms with van der Waals surface area (Å²) in [4.78, 5) is 34.0. The van der Waals surface area contributed by atoms with Gasteiger partial charge in [-0.25, -0.2) is 13.6 Å². The van der Waals surface area contributed by atoms with Gasteiger partial charge in [0.1, 0.15) is 17.0 Å². The zero-order chi connectivity index (χ0) is 20.0. The summed E-state index contributed by atoms with van der Waals surface area (Å²) in [6.45, 7) is 3.06. The molecule has 0 radical (unpaired) electrons. The number of Topliss-reactive ketones (excluding diaryl/α,β-unsaturated/α-hetero) is 1. The molecule has 142 valence electrons. The van der Waals surface area contributed by atoms with Crippen molar-refractivity contribution in [1.29, 1.82) is 0 Å². The first-order valence-corrected chi connectivity index (χ1v) is 7.56. The van der Waals surface area contributed by atoms with Crippen LogP contribution in [0.15, 0.2) is 11.8 Å². The molecule has 0 heterocycles. The molecule has 0 fully saturated rings. The van der Waals surface area contributed by atoms with E-state index in [0.29, 0.717) is 13.0 Å². The first-order chi connectivity index (χ1) is 12.2. The highest BCUT2D eigenvalue weighted by Gasteiger charge is 2.37. The maximum atomic E-state index is 14.4. The number of esters is 1. The number of unbranched alkanes of at least 4 members (excludes halogenated alkanes) is 1. The van der Waals surface area contributed by atoms with Crippen molar-refractivity contribution in [3.05, 3.63) is 50.5 Å². The lowest BCUT2D eigenvalue weighted by molar-refractivity contribution is -0.388. The molecule has 1 aromatic carbocycles. The Hall–Kier alpha value is -2.91. The third kappa shape index (κ3) is 4.19. The summed E-state index contributed by atoms with van der Waals surface area (Å²) in [5.41, 5.74) is -4.73. The van der Waals surface area contributed by atoms with E-state index in [2.05, 4.69) is 10.1 Å². The van der Waals surface area contributed by atoms with E-state index in [1.54, 1.807) is 0 Å². The van der Waals surface area contributed by atoms with Crippen LogP contribution in [0, 0.1) is 34.5 Å². The Morgan fingerprint density at radius 3 is 2.35 bits per heavy atom. The van der Waals surface area contributed by atoms with Crippen molar-refractivity contribution in [3.8, 4) is 0 Å². The molecule has 0 aliphatic heterocycles. The summed E-state index contributed by atoms with van der Waals surface area (Å²) >= 11 is 0. The highest BCUT2D eigenvalue weighted by atomic mass is 19.2. The van der Waals surface area contributed by atoms with Crippen LogP contribution in [0.5, 0.6) is 0 Å². The average Bonchev–Trinajstić information content (AvgIpc) is 2.61. The number of carbonyl (C=O) groups is 2. The molecule has 1 aromatic rings. The van der Waals surface area contributed by atoms with Gasteiger partial charge in [-0.2, -0.15) is 4.39 Å². The molecule has 0 unspecified atom stereocenters. The van der Waals surface area contributed by atoms with E-state index >= 15 is 0 Å². The lowest BCUT2D eigenvalue weighted by Gasteiger charge is -2.10. The van der Waals surface area contributed by atoms with Gasteiger partial charge in [-0.15, -0.1) is 0 Å². The number of rotatable bonds is 8. The van der Waals surface area contributed by atoms with Gasteiger partial charge in [0.2, 0.25) is 11.6 Å². The van der Waals surface area contributed by atoms with Gasteiger partial charge in [-0.05, 0) is 13.3 Å². The monoisotopic (exact) mass is 374 g/mol. The number of hydrogen-bond acceptors (Lipinski definition) is 6. The van der Waals surface area contributed by atoms with Crippen molar-refractivity contribution in [1.82, 2.24) is 5.32 Å². The summed E-state index contributed by atoms with van der Waals surface area (Å²) in [6.07, 6.45) is 2.38. The quantitative estimate of drug-likeness (QED) is 0.0865. The summed E-state index contributed by atoms with van der Waals surface area (Å²) in [6, 6.07) is 0. The first kappa shape index (κ1) is 21.1. The fourth-order valence-corrected chi connectivity index (χ4v) is 2.06. The van der Waals surface area contributed by atoms with E-state index in [9.17, 15) is 32.9 Å². The Morgan fingerprint density at radius 2 is 1.85 bits per heavy atom. The molecule has 10 heteroatoms. The lowest BCUT2D eigenvalue weighted by Crippen LogP contribution is -2.22. The van der Waals surface area contributed by atoms with Crippen LogP contribution in [0.3, 0.4) is 0 Å². The SMILES string of the molecule is CCCCN/C=C(/C(=O)OC)C(=O)c1c(F)c(C)c(F)c(F)c1[N+](=O)[O-]. The number of nitrogens with one attached hydrogen (secondary N) is 1. The Labute approximate surface area is 147 Å². The Bertz CT molecular complexity index is 778. The average molecular weight is 374 g/mol. The molecule has 0 amide bonds. The van der Waals surface area contributed by atoms with Crippen LogP contribution in [0.25, 0.3) is 0 Å². The number of carbonyl (C=O) groups excluding carboxylic acids is 2. The molecule has 0 spiro atoms. The van der Waals surface area contributed by atoms with Gasteiger partial charge in [0.05, 0.1) is 12.0 Å². The van der Waals surface area contributed by atoms with E-state index in [0.717, 1.165) is 26.7 Å². The molecule has 0 saturated heterocycles. The number of hydrogen-bond donors (Lipinski definition) is 1. The minimum Gasteiger partial charge on any atom is -0.465 e. The van der Waals surface area contributed by atoms with E-state index in [1.807, 2.05) is 6.92 Å². The van der Waals surface area contributed by atoms with E-state index in [-0.39, 0.29) is 0 Å². The van der Waals surface area contributed by atoms with Crippen molar-refractivity contribution >= 4 is 17.4 Å². The number of benzene rings is 1. The number of nitro benzene ring substituents is 1. The largest absolute Gasteiger partial charge is 0.465 e. The molecule has 1 rings (SSSR count). The van der Waals surface area contributed by atoms with Crippen molar-refractivity contribution in [2.24, 2.45) is 0 Å². The summed E-state index contributed by atoms with van der Waals surface area (Å²) in [5.74, 6) is -8.10. The minimum absolute atomic E-state index is 0.353. The second-order valence-electron chi connectivity index (χ2n) is 5.23. The molecular weight excluding hydrogens is 357 g/mol. The molecule has 0 saturated carbocycles. The predicted molar refractivity (Wildman–Crippen MR) is 85.0 cm³/mol. The smallest absolute Gasteiger partial charge is 0.343 e. The Kier molecular flexibility index (Phi) is 7.29. The van der Waals surface area contributed by atoms with E-state index < -0.39 is 56.5 Å². The van der Waals surface area contributed by atoms with Crippen LogP contribution in [-0.2, 0) is 9.53 Å². The molecule has 0 bridgehead atoms. The summed E-state index contributed by atoms with van der Waals surface area (Å²) in [7, 11) is 0.941. The predicted octanol–water partition coefficient (Wildman–Crippen LogP) is 2.95. The summed E-state index contributed by atoms with van der Waals surface area (Å²) in [5, 5.41) is 13.7. The number of ether oxygens (including phenoxy) is 1. The first-order valence-electron chi connectivity index (χ1n) is 7.56. The molecular formula is C16H17F3N2O5. The standard InChI is InChI=1S/C16H17F3N2O5/c1-4-5-6-20-7-9(16(23)26-3)15(22)10-11(17)8(2)12(18)13(19)14(10)21(24)25/h7,20H,4-6H2,1-3H3/b9-7+. The van der Waals surface area contributed by atoms with Crippen LogP contribution in [0.1, 0.15) is 35.7 Å². The van der Waals surface area contributed by atoms with Gasteiger partial charge in [0.15, 0.2) is 5.82 Å². The third-order valence-corrected chi connectivity index (χ3v) is 3.50. The third-order valence-electron chi connectivity index (χ3n) is 3.50.